The van der Waals surface area contributed by atoms with E-state index in [1.807, 2.05) is 31.3 Å². The third kappa shape index (κ3) is 2.64. The van der Waals surface area contributed by atoms with Crippen LogP contribution in [0.15, 0.2) is 49.1 Å². The minimum Gasteiger partial charge on any atom is -0.388 e. The molecule has 0 saturated heterocycles. The molecule has 3 aromatic rings. The summed E-state index contributed by atoms with van der Waals surface area (Å²) in [4.78, 5) is 24.4. The smallest absolute Gasteiger partial charge is 0.274 e. The van der Waals surface area contributed by atoms with Crippen LogP contribution in [0.3, 0.4) is 0 Å². The van der Waals surface area contributed by atoms with Gasteiger partial charge in [-0.2, -0.15) is 0 Å². The van der Waals surface area contributed by atoms with E-state index in [-0.39, 0.29) is 5.91 Å². The summed E-state index contributed by atoms with van der Waals surface area (Å²) in [5.74, 6) is -0.299. The van der Waals surface area contributed by atoms with Crippen molar-refractivity contribution in [3.63, 3.8) is 0 Å². The Morgan fingerprint density at radius 1 is 1.14 bits per heavy atom. The van der Waals surface area contributed by atoms with Crippen molar-refractivity contribution >= 4 is 28.2 Å². The van der Waals surface area contributed by atoms with Gasteiger partial charge < -0.3 is 10.6 Å². The number of hydrogen-bond acceptors (Lipinski definition) is 5. The van der Waals surface area contributed by atoms with Gasteiger partial charge in [0.15, 0.2) is 0 Å². The molecule has 0 radical (unpaired) electrons. The first-order valence-corrected chi connectivity index (χ1v) is 6.42. The molecule has 21 heavy (non-hydrogen) atoms. The fraction of sp³-hybridized carbons (Fsp3) is 0.0667. The Labute approximate surface area is 121 Å². The first-order valence-electron chi connectivity index (χ1n) is 6.42. The Balaban J connectivity index is 1.98. The van der Waals surface area contributed by atoms with Crippen LogP contribution in [0, 0.1) is 0 Å². The van der Waals surface area contributed by atoms with E-state index in [0.29, 0.717) is 11.4 Å². The Hall–Kier alpha value is -3.02. The minimum atomic E-state index is -0.299. The maximum absolute atomic E-state index is 12.3. The van der Waals surface area contributed by atoms with Crippen molar-refractivity contribution in [2.75, 3.05) is 17.7 Å². The van der Waals surface area contributed by atoms with Crippen molar-refractivity contribution in [1.29, 1.82) is 0 Å². The lowest BCUT2D eigenvalue weighted by atomic mass is 10.1. The molecular weight excluding hydrogens is 266 g/mol. The predicted molar refractivity (Wildman–Crippen MR) is 81.3 cm³/mol. The molecular formula is C15H13N5O. The van der Waals surface area contributed by atoms with Gasteiger partial charge in [0.2, 0.25) is 0 Å². The molecule has 104 valence electrons. The zero-order chi connectivity index (χ0) is 14.7. The normalized spacial score (nSPS) is 10.3. The van der Waals surface area contributed by atoms with Crippen molar-refractivity contribution in [2.24, 2.45) is 0 Å². The molecule has 1 amide bonds. The first kappa shape index (κ1) is 13.0. The number of aromatic nitrogens is 3. The van der Waals surface area contributed by atoms with E-state index in [2.05, 4.69) is 25.6 Å². The number of anilines is 2. The van der Waals surface area contributed by atoms with E-state index in [1.54, 1.807) is 6.07 Å². The van der Waals surface area contributed by atoms with E-state index in [1.165, 1.54) is 18.7 Å². The molecule has 1 aromatic carbocycles. The van der Waals surface area contributed by atoms with Crippen LogP contribution < -0.4 is 10.6 Å². The van der Waals surface area contributed by atoms with Gasteiger partial charge in [0.05, 0.1) is 23.6 Å². The van der Waals surface area contributed by atoms with Crippen LogP contribution in [0.4, 0.5) is 11.4 Å². The van der Waals surface area contributed by atoms with Crippen LogP contribution in [0.1, 0.15) is 10.5 Å². The Morgan fingerprint density at radius 2 is 1.90 bits per heavy atom. The molecule has 0 spiro atoms. The molecule has 2 aromatic heterocycles. The van der Waals surface area contributed by atoms with Gasteiger partial charge in [-0.1, -0.05) is 18.2 Å². The van der Waals surface area contributed by atoms with E-state index in [0.717, 1.165) is 16.6 Å². The van der Waals surface area contributed by atoms with Gasteiger partial charge in [-0.25, -0.2) is 15.0 Å². The van der Waals surface area contributed by atoms with Crippen molar-refractivity contribution in [3.05, 3.63) is 54.7 Å². The van der Waals surface area contributed by atoms with Gasteiger partial charge in [-0.05, 0) is 12.1 Å². The van der Waals surface area contributed by atoms with Crippen LogP contribution in [0.2, 0.25) is 0 Å². The third-order valence-corrected chi connectivity index (χ3v) is 3.04. The number of carbonyl (C=O) groups is 1. The van der Waals surface area contributed by atoms with Gasteiger partial charge in [0.25, 0.3) is 5.91 Å². The highest BCUT2D eigenvalue weighted by Crippen LogP contribution is 2.22. The Morgan fingerprint density at radius 3 is 2.67 bits per heavy atom. The molecule has 0 aliphatic heterocycles. The fourth-order valence-electron chi connectivity index (χ4n) is 2.06. The standard InChI is InChI=1S/C15H13N5O/c1-16-13-6-14(20-12-5-3-2-4-11(12)13)15(21)19-10-7-17-9-18-8-10/h2-9H,1H3,(H,16,20)(H,19,21). The topological polar surface area (TPSA) is 79.8 Å². The number of nitrogens with zero attached hydrogens (tertiary/aromatic N) is 3. The summed E-state index contributed by atoms with van der Waals surface area (Å²) in [6, 6.07) is 9.38. The molecule has 0 aliphatic carbocycles. The number of hydrogen-bond donors (Lipinski definition) is 2. The molecule has 0 aliphatic rings. The average Bonchev–Trinajstić information content (AvgIpc) is 2.54. The second-order valence-electron chi connectivity index (χ2n) is 4.40. The van der Waals surface area contributed by atoms with E-state index < -0.39 is 0 Å². The van der Waals surface area contributed by atoms with Crippen LogP contribution in [0.25, 0.3) is 10.9 Å². The summed E-state index contributed by atoms with van der Waals surface area (Å²) in [6.45, 7) is 0. The fourth-order valence-corrected chi connectivity index (χ4v) is 2.06. The molecule has 3 rings (SSSR count). The lowest BCUT2D eigenvalue weighted by Gasteiger charge is -2.09. The molecule has 0 saturated carbocycles. The number of carbonyl (C=O) groups excluding carboxylic acids is 1. The highest BCUT2D eigenvalue weighted by molar-refractivity contribution is 6.06. The molecule has 2 N–H and O–H groups in total. The quantitative estimate of drug-likeness (QED) is 0.769. The maximum Gasteiger partial charge on any atom is 0.274 e. The molecule has 0 atom stereocenters. The highest BCUT2D eigenvalue weighted by atomic mass is 16.1. The number of fused-ring (bicyclic) bond motifs is 1. The average molecular weight is 279 g/mol. The monoisotopic (exact) mass is 279 g/mol. The molecule has 6 nitrogen and oxygen atoms in total. The van der Waals surface area contributed by atoms with Crippen LogP contribution in [-0.4, -0.2) is 27.9 Å². The summed E-state index contributed by atoms with van der Waals surface area (Å²) < 4.78 is 0. The zero-order valence-corrected chi connectivity index (χ0v) is 11.4. The van der Waals surface area contributed by atoms with Crippen LogP contribution in [-0.2, 0) is 0 Å². The zero-order valence-electron chi connectivity index (χ0n) is 11.4. The predicted octanol–water partition coefficient (Wildman–Crippen LogP) is 2.32. The number of rotatable bonds is 3. The van der Waals surface area contributed by atoms with Gasteiger partial charge in [0.1, 0.15) is 12.0 Å². The summed E-state index contributed by atoms with van der Waals surface area (Å²) in [5, 5.41) is 6.78. The van der Waals surface area contributed by atoms with Crippen molar-refractivity contribution < 1.29 is 4.79 Å². The maximum atomic E-state index is 12.3. The second-order valence-corrected chi connectivity index (χ2v) is 4.40. The minimum absolute atomic E-state index is 0.299. The van der Waals surface area contributed by atoms with Crippen molar-refractivity contribution in [3.8, 4) is 0 Å². The summed E-state index contributed by atoms with van der Waals surface area (Å²) in [6.07, 6.45) is 4.47. The lowest BCUT2D eigenvalue weighted by molar-refractivity contribution is 0.102. The molecule has 6 heteroatoms. The molecule has 2 heterocycles. The van der Waals surface area contributed by atoms with E-state index in [9.17, 15) is 4.79 Å². The van der Waals surface area contributed by atoms with Gasteiger partial charge in [-0.3, -0.25) is 4.79 Å². The van der Waals surface area contributed by atoms with Crippen LogP contribution in [0.5, 0.6) is 0 Å². The Kier molecular flexibility index (Phi) is 3.42. The number of nitrogens with one attached hydrogen (secondary N) is 2. The van der Waals surface area contributed by atoms with E-state index in [4.69, 9.17) is 0 Å². The first-order chi connectivity index (χ1) is 10.3. The van der Waals surface area contributed by atoms with Crippen LogP contribution >= 0.6 is 0 Å². The van der Waals surface area contributed by atoms with Gasteiger partial charge >= 0.3 is 0 Å². The number of benzene rings is 1. The van der Waals surface area contributed by atoms with Gasteiger partial charge in [0, 0.05) is 18.1 Å². The van der Waals surface area contributed by atoms with Crippen molar-refractivity contribution in [1.82, 2.24) is 15.0 Å². The second kappa shape index (κ2) is 5.54. The summed E-state index contributed by atoms with van der Waals surface area (Å²) in [5.41, 5.74) is 2.49. The highest BCUT2D eigenvalue weighted by Gasteiger charge is 2.11. The van der Waals surface area contributed by atoms with E-state index >= 15 is 0 Å². The van der Waals surface area contributed by atoms with Gasteiger partial charge in [-0.15, -0.1) is 0 Å². The summed E-state index contributed by atoms with van der Waals surface area (Å²) >= 11 is 0. The SMILES string of the molecule is CNc1cc(C(=O)Nc2cncnc2)nc2ccccc12. The lowest BCUT2D eigenvalue weighted by Crippen LogP contribution is -2.14. The third-order valence-electron chi connectivity index (χ3n) is 3.04. The molecule has 0 bridgehead atoms. The van der Waals surface area contributed by atoms with Crippen molar-refractivity contribution in [2.45, 2.75) is 0 Å². The molecule has 0 fully saturated rings. The largest absolute Gasteiger partial charge is 0.388 e. The number of amides is 1. The number of pyridine rings is 1. The Bertz CT molecular complexity index is 788. The molecule has 0 unspecified atom stereocenters. The number of para-hydroxylation sites is 1. The summed E-state index contributed by atoms with van der Waals surface area (Å²) in [7, 11) is 1.81.